The lowest BCUT2D eigenvalue weighted by molar-refractivity contribution is 0.0734. The Balaban J connectivity index is 2.03. The molecule has 0 bridgehead atoms. The molecule has 0 atom stereocenters. The van der Waals surface area contributed by atoms with Gasteiger partial charge in [0.25, 0.3) is 0 Å². The Bertz CT molecular complexity index is 1000. The quantitative estimate of drug-likeness (QED) is 0.323. The molecule has 0 heterocycles. The van der Waals surface area contributed by atoms with Gasteiger partial charge in [0, 0.05) is 16.1 Å². The van der Waals surface area contributed by atoms with E-state index < -0.39 is 5.97 Å². The Morgan fingerprint density at radius 3 is 2.14 bits per heavy atom. The number of hydrogen-bond donors (Lipinski definition) is 1. The molecule has 0 aromatic heterocycles. The molecule has 0 unspecified atom stereocenters. The third kappa shape index (κ3) is 4.49. The van der Waals surface area contributed by atoms with E-state index in [1.807, 2.05) is 18.2 Å². The molecule has 142 valence electrons. The number of nitrogens with one attached hydrogen (secondary N) is 1. The van der Waals surface area contributed by atoms with Crippen molar-refractivity contribution in [3.63, 3.8) is 0 Å². The summed E-state index contributed by atoms with van der Waals surface area (Å²) in [6.07, 6.45) is 0. The van der Waals surface area contributed by atoms with Gasteiger partial charge in [-0.3, -0.25) is 5.41 Å². The van der Waals surface area contributed by atoms with Gasteiger partial charge >= 0.3 is 5.97 Å². The molecule has 28 heavy (non-hydrogen) atoms. The smallest absolute Gasteiger partial charge is 0.343 e. The van der Waals surface area contributed by atoms with Gasteiger partial charge in [0.15, 0.2) is 0 Å². The second-order valence-corrected chi connectivity index (χ2v) is 8.03. The molecule has 0 saturated heterocycles. The minimum atomic E-state index is -0.450. The maximum atomic E-state index is 12.5. The molecule has 3 aromatic carbocycles. The first kappa shape index (κ1) is 19.8. The summed E-state index contributed by atoms with van der Waals surface area (Å²) < 4.78 is 5.66. The van der Waals surface area contributed by atoms with Gasteiger partial charge in [-0.25, -0.2) is 4.79 Å². The summed E-state index contributed by atoms with van der Waals surface area (Å²) in [5, 5.41) is 9.30. The van der Waals surface area contributed by atoms with E-state index >= 15 is 0 Å². The van der Waals surface area contributed by atoms with Crippen molar-refractivity contribution in [2.45, 2.75) is 26.2 Å². The largest absolute Gasteiger partial charge is 0.422 e. The number of carbonyl (C=O) groups excluding carboxylic acids is 1. The highest BCUT2D eigenvalue weighted by molar-refractivity contribution is 6.30. The average Bonchev–Trinajstić information content (AvgIpc) is 2.68. The lowest BCUT2D eigenvalue weighted by Crippen LogP contribution is -2.16. The van der Waals surface area contributed by atoms with Gasteiger partial charge in [0.05, 0.1) is 11.3 Å². The van der Waals surface area contributed by atoms with Crippen LogP contribution in [0.5, 0.6) is 5.75 Å². The second-order valence-electron chi connectivity index (χ2n) is 7.60. The second kappa shape index (κ2) is 7.99. The third-order valence-corrected chi connectivity index (χ3v) is 4.71. The molecule has 3 aromatic rings. The van der Waals surface area contributed by atoms with Crippen molar-refractivity contribution in [3.05, 3.63) is 100 Å². The first-order valence-corrected chi connectivity index (χ1v) is 9.40. The van der Waals surface area contributed by atoms with E-state index in [-0.39, 0.29) is 11.1 Å². The van der Waals surface area contributed by atoms with Crippen LogP contribution in [0.15, 0.2) is 72.8 Å². The van der Waals surface area contributed by atoms with Crippen LogP contribution in [0, 0.1) is 5.41 Å². The SMILES string of the molecule is CC(C)(C)c1ccc(OC(=O)c2ccccc2)c(C(=N)c2ccc(Cl)cc2)c1. The van der Waals surface area contributed by atoms with Crippen LogP contribution in [0.2, 0.25) is 5.02 Å². The van der Waals surface area contributed by atoms with Gasteiger partial charge in [-0.1, -0.05) is 68.8 Å². The topological polar surface area (TPSA) is 50.2 Å². The Morgan fingerprint density at radius 2 is 1.54 bits per heavy atom. The molecule has 0 spiro atoms. The van der Waals surface area contributed by atoms with Crippen LogP contribution in [-0.4, -0.2) is 11.7 Å². The van der Waals surface area contributed by atoms with E-state index in [9.17, 15) is 4.79 Å². The summed E-state index contributed by atoms with van der Waals surface area (Å²) in [5.41, 5.74) is 2.97. The van der Waals surface area contributed by atoms with Crippen molar-refractivity contribution < 1.29 is 9.53 Å². The molecule has 0 saturated carbocycles. The van der Waals surface area contributed by atoms with E-state index in [0.29, 0.717) is 27.5 Å². The number of halogens is 1. The number of benzene rings is 3. The van der Waals surface area contributed by atoms with Gasteiger partial charge < -0.3 is 4.74 Å². The fourth-order valence-electron chi connectivity index (χ4n) is 2.79. The average molecular weight is 392 g/mol. The number of esters is 1. The van der Waals surface area contributed by atoms with Crippen LogP contribution in [0.3, 0.4) is 0 Å². The number of rotatable bonds is 4. The molecule has 4 heteroatoms. The predicted molar refractivity (Wildman–Crippen MR) is 114 cm³/mol. The summed E-state index contributed by atoms with van der Waals surface area (Å²) in [5.74, 6) is -0.0870. The van der Waals surface area contributed by atoms with Gasteiger partial charge in [0.1, 0.15) is 5.75 Å². The van der Waals surface area contributed by atoms with Crippen molar-refractivity contribution in [1.82, 2.24) is 0 Å². The molecule has 0 aliphatic heterocycles. The van der Waals surface area contributed by atoms with Crippen LogP contribution in [0.4, 0.5) is 0 Å². The number of ether oxygens (including phenoxy) is 1. The molecule has 0 fully saturated rings. The fourth-order valence-corrected chi connectivity index (χ4v) is 2.91. The molecule has 0 aliphatic carbocycles. The van der Waals surface area contributed by atoms with Crippen LogP contribution in [0.1, 0.15) is 47.8 Å². The minimum absolute atomic E-state index is 0.100. The summed E-state index contributed by atoms with van der Waals surface area (Å²) >= 11 is 5.98. The Hall–Kier alpha value is -2.91. The van der Waals surface area contributed by atoms with Crippen LogP contribution >= 0.6 is 11.6 Å². The highest BCUT2D eigenvalue weighted by Crippen LogP contribution is 2.30. The van der Waals surface area contributed by atoms with E-state index in [1.165, 1.54) is 0 Å². The Morgan fingerprint density at radius 1 is 0.893 bits per heavy atom. The predicted octanol–water partition coefficient (Wildman–Crippen LogP) is 6.27. The third-order valence-electron chi connectivity index (χ3n) is 4.46. The Labute approximate surface area is 170 Å². The summed E-state index contributed by atoms with van der Waals surface area (Å²) in [6, 6.07) is 21.5. The zero-order valence-electron chi connectivity index (χ0n) is 16.1. The van der Waals surface area contributed by atoms with E-state index in [2.05, 4.69) is 20.8 Å². The normalized spacial score (nSPS) is 11.1. The summed E-state index contributed by atoms with van der Waals surface area (Å²) in [6.45, 7) is 6.31. The summed E-state index contributed by atoms with van der Waals surface area (Å²) in [7, 11) is 0. The minimum Gasteiger partial charge on any atom is -0.422 e. The zero-order chi connectivity index (χ0) is 20.3. The van der Waals surface area contributed by atoms with Crippen molar-refractivity contribution >= 4 is 23.3 Å². The molecule has 0 radical (unpaired) electrons. The number of hydrogen-bond acceptors (Lipinski definition) is 3. The molecule has 3 nitrogen and oxygen atoms in total. The van der Waals surface area contributed by atoms with Gasteiger partial charge in [-0.05, 0) is 47.4 Å². The zero-order valence-corrected chi connectivity index (χ0v) is 16.9. The molecule has 3 rings (SSSR count). The molecule has 0 amide bonds. The Kier molecular flexibility index (Phi) is 5.66. The van der Waals surface area contributed by atoms with Crippen molar-refractivity contribution in [2.24, 2.45) is 0 Å². The van der Waals surface area contributed by atoms with Gasteiger partial charge in [-0.15, -0.1) is 0 Å². The van der Waals surface area contributed by atoms with Crippen molar-refractivity contribution in [1.29, 1.82) is 5.41 Å². The van der Waals surface area contributed by atoms with Gasteiger partial charge in [-0.2, -0.15) is 0 Å². The first-order chi connectivity index (χ1) is 13.3. The summed E-state index contributed by atoms with van der Waals surface area (Å²) in [4.78, 5) is 12.5. The first-order valence-electron chi connectivity index (χ1n) is 9.02. The van der Waals surface area contributed by atoms with Crippen LogP contribution in [-0.2, 0) is 5.41 Å². The molecular weight excluding hydrogens is 370 g/mol. The molecular formula is C24H22ClNO2. The van der Waals surface area contributed by atoms with Crippen molar-refractivity contribution in [3.8, 4) is 5.75 Å². The van der Waals surface area contributed by atoms with Crippen molar-refractivity contribution in [2.75, 3.05) is 0 Å². The lowest BCUT2D eigenvalue weighted by Gasteiger charge is -2.21. The highest BCUT2D eigenvalue weighted by Gasteiger charge is 2.20. The van der Waals surface area contributed by atoms with E-state index in [1.54, 1.807) is 54.6 Å². The lowest BCUT2D eigenvalue weighted by atomic mass is 9.85. The monoisotopic (exact) mass is 391 g/mol. The van der Waals surface area contributed by atoms with Crippen LogP contribution < -0.4 is 4.74 Å². The van der Waals surface area contributed by atoms with E-state index in [4.69, 9.17) is 21.7 Å². The van der Waals surface area contributed by atoms with E-state index in [0.717, 1.165) is 5.56 Å². The van der Waals surface area contributed by atoms with Crippen LogP contribution in [0.25, 0.3) is 0 Å². The molecule has 1 N–H and O–H groups in total. The maximum absolute atomic E-state index is 12.5. The highest BCUT2D eigenvalue weighted by atomic mass is 35.5. The standard InChI is InChI=1S/C24H22ClNO2/c1-24(2,3)18-11-14-21(28-23(27)17-7-5-4-6-8-17)20(15-18)22(26)16-9-12-19(25)13-10-16/h4-15,26H,1-3H3. The maximum Gasteiger partial charge on any atom is 0.343 e. The number of carbonyl (C=O) groups is 1. The van der Waals surface area contributed by atoms with Gasteiger partial charge in [0.2, 0.25) is 0 Å². The fraction of sp³-hybridized carbons (Fsp3) is 0.167. The molecule has 0 aliphatic rings.